The number of pyridine rings is 1. The molecule has 0 aliphatic heterocycles. The molecule has 0 saturated carbocycles. The first kappa shape index (κ1) is 20.4. The summed E-state index contributed by atoms with van der Waals surface area (Å²) in [6, 6.07) is 15.1. The SMILES string of the molecule is COc1ccc(NC(=O)c2cc(C(C)(C)C)nn2Cc2ccccc2)c(OC)n1. The summed E-state index contributed by atoms with van der Waals surface area (Å²) in [6.45, 7) is 6.71. The Hall–Kier alpha value is -3.35. The molecular formula is C22H26N4O3. The number of carbonyl (C=O) groups excluding carboxylic acids is 1. The normalized spacial score (nSPS) is 11.2. The number of amides is 1. The summed E-state index contributed by atoms with van der Waals surface area (Å²) in [5.41, 5.74) is 2.66. The quantitative estimate of drug-likeness (QED) is 0.686. The van der Waals surface area contributed by atoms with E-state index in [1.165, 1.54) is 14.2 Å². The fourth-order valence-electron chi connectivity index (χ4n) is 2.82. The van der Waals surface area contributed by atoms with Crippen molar-refractivity contribution in [1.29, 1.82) is 0 Å². The zero-order valence-electron chi connectivity index (χ0n) is 17.4. The molecule has 0 spiro atoms. The van der Waals surface area contributed by atoms with Gasteiger partial charge in [0.25, 0.3) is 5.91 Å². The average Bonchev–Trinajstić information content (AvgIpc) is 3.13. The Balaban J connectivity index is 1.94. The topological polar surface area (TPSA) is 78.3 Å². The number of benzene rings is 1. The number of aromatic nitrogens is 3. The highest BCUT2D eigenvalue weighted by Crippen LogP contribution is 2.27. The number of hydrogen-bond acceptors (Lipinski definition) is 5. The van der Waals surface area contributed by atoms with Crippen LogP contribution in [0.3, 0.4) is 0 Å². The molecule has 1 amide bonds. The monoisotopic (exact) mass is 394 g/mol. The number of anilines is 1. The molecule has 152 valence electrons. The standard InChI is InChI=1S/C22H26N4O3/c1-22(2,3)18-13-17(26(25-18)14-15-9-7-6-8-10-15)20(27)23-16-11-12-19(28-4)24-21(16)29-5/h6-13H,14H2,1-5H3,(H,23,27). The minimum Gasteiger partial charge on any atom is -0.481 e. The number of hydrogen-bond donors (Lipinski definition) is 1. The second-order valence-corrected chi connectivity index (χ2v) is 7.67. The van der Waals surface area contributed by atoms with Crippen LogP contribution < -0.4 is 14.8 Å². The molecule has 0 aliphatic rings. The second-order valence-electron chi connectivity index (χ2n) is 7.67. The Morgan fingerprint density at radius 1 is 1.07 bits per heavy atom. The van der Waals surface area contributed by atoms with Crippen LogP contribution in [-0.4, -0.2) is 34.9 Å². The summed E-state index contributed by atoms with van der Waals surface area (Å²) in [4.78, 5) is 17.3. The molecule has 0 fully saturated rings. The van der Waals surface area contributed by atoms with E-state index in [9.17, 15) is 4.79 Å². The number of nitrogens with one attached hydrogen (secondary N) is 1. The van der Waals surface area contributed by atoms with Crippen LogP contribution in [0.25, 0.3) is 0 Å². The molecule has 0 atom stereocenters. The Bertz CT molecular complexity index is 991. The highest BCUT2D eigenvalue weighted by molar-refractivity contribution is 6.03. The van der Waals surface area contributed by atoms with E-state index in [-0.39, 0.29) is 17.2 Å². The first-order chi connectivity index (χ1) is 13.8. The first-order valence-corrected chi connectivity index (χ1v) is 9.34. The minimum atomic E-state index is -0.283. The molecule has 7 nitrogen and oxygen atoms in total. The third kappa shape index (κ3) is 4.74. The molecule has 0 bridgehead atoms. The molecule has 0 saturated heterocycles. The van der Waals surface area contributed by atoms with Crippen LogP contribution in [0.4, 0.5) is 5.69 Å². The van der Waals surface area contributed by atoms with Gasteiger partial charge in [-0.15, -0.1) is 0 Å². The molecule has 3 aromatic rings. The van der Waals surface area contributed by atoms with Crippen molar-refractivity contribution < 1.29 is 14.3 Å². The Morgan fingerprint density at radius 2 is 1.79 bits per heavy atom. The summed E-state index contributed by atoms with van der Waals surface area (Å²) in [5.74, 6) is 0.404. The number of ether oxygens (including phenoxy) is 2. The summed E-state index contributed by atoms with van der Waals surface area (Å²) >= 11 is 0. The Morgan fingerprint density at radius 3 is 2.41 bits per heavy atom. The van der Waals surface area contributed by atoms with Gasteiger partial charge in [-0.2, -0.15) is 10.1 Å². The van der Waals surface area contributed by atoms with Crippen molar-refractivity contribution in [2.45, 2.75) is 32.7 Å². The van der Waals surface area contributed by atoms with Gasteiger partial charge >= 0.3 is 0 Å². The van der Waals surface area contributed by atoms with Crippen LogP contribution in [-0.2, 0) is 12.0 Å². The third-order valence-electron chi connectivity index (χ3n) is 4.44. The average molecular weight is 394 g/mol. The zero-order valence-corrected chi connectivity index (χ0v) is 17.4. The highest BCUT2D eigenvalue weighted by atomic mass is 16.5. The largest absolute Gasteiger partial charge is 0.481 e. The van der Waals surface area contributed by atoms with Crippen molar-refractivity contribution >= 4 is 11.6 Å². The van der Waals surface area contributed by atoms with Gasteiger partial charge < -0.3 is 14.8 Å². The van der Waals surface area contributed by atoms with Crippen molar-refractivity contribution in [2.24, 2.45) is 0 Å². The predicted octanol–water partition coefficient (Wildman–Crippen LogP) is 3.89. The van der Waals surface area contributed by atoms with E-state index in [0.717, 1.165) is 11.3 Å². The van der Waals surface area contributed by atoms with E-state index in [1.807, 2.05) is 36.4 Å². The molecular weight excluding hydrogens is 368 g/mol. The van der Waals surface area contributed by atoms with Gasteiger partial charge in [-0.3, -0.25) is 9.48 Å². The van der Waals surface area contributed by atoms with Crippen molar-refractivity contribution in [2.75, 3.05) is 19.5 Å². The van der Waals surface area contributed by atoms with E-state index in [1.54, 1.807) is 16.8 Å². The van der Waals surface area contributed by atoms with E-state index in [0.29, 0.717) is 23.8 Å². The lowest BCUT2D eigenvalue weighted by Gasteiger charge is -2.14. The predicted molar refractivity (Wildman–Crippen MR) is 112 cm³/mol. The number of nitrogens with zero attached hydrogens (tertiary/aromatic N) is 3. The first-order valence-electron chi connectivity index (χ1n) is 9.34. The van der Waals surface area contributed by atoms with E-state index < -0.39 is 0 Å². The van der Waals surface area contributed by atoms with Crippen LogP contribution in [0.15, 0.2) is 48.5 Å². The Kier molecular flexibility index (Phi) is 5.87. The molecule has 2 aromatic heterocycles. The van der Waals surface area contributed by atoms with Gasteiger partial charge in [0, 0.05) is 11.5 Å². The number of rotatable bonds is 6. The highest BCUT2D eigenvalue weighted by Gasteiger charge is 2.24. The van der Waals surface area contributed by atoms with Gasteiger partial charge in [-0.05, 0) is 17.7 Å². The van der Waals surface area contributed by atoms with E-state index in [2.05, 4.69) is 31.1 Å². The van der Waals surface area contributed by atoms with E-state index >= 15 is 0 Å². The molecule has 3 rings (SSSR count). The number of methoxy groups -OCH3 is 2. The lowest BCUT2D eigenvalue weighted by Crippen LogP contribution is -2.19. The summed E-state index contributed by atoms with van der Waals surface area (Å²) in [6.07, 6.45) is 0. The van der Waals surface area contributed by atoms with Crippen LogP contribution >= 0.6 is 0 Å². The maximum Gasteiger partial charge on any atom is 0.274 e. The van der Waals surface area contributed by atoms with Crippen molar-refractivity contribution in [3.63, 3.8) is 0 Å². The van der Waals surface area contributed by atoms with Gasteiger partial charge in [-0.1, -0.05) is 51.1 Å². The van der Waals surface area contributed by atoms with Crippen LogP contribution in [0.1, 0.15) is 42.5 Å². The smallest absolute Gasteiger partial charge is 0.274 e. The van der Waals surface area contributed by atoms with Crippen LogP contribution in [0, 0.1) is 0 Å². The molecule has 1 aromatic carbocycles. The van der Waals surface area contributed by atoms with Crippen molar-refractivity contribution in [3.05, 3.63) is 65.5 Å². The fraction of sp³-hybridized carbons (Fsp3) is 0.318. The number of carbonyl (C=O) groups is 1. The van der Waals surface area contributed by atoms with E-state index in [4.69, 9.17) is 14.6 Å². The van der Waals surface area contributed by atoms with Gasteiger partial charge in [0.05, 0.1) is 26.5 Å². The van der Waals surface area contributed by atoms with Gasteiger partial charge in [0.15, 0.2) is 0 Å². The molecule has 29 heavy (non-hydrogen) atoms. The Labute approximate surface area is 170 Å². The van der Waals surface area contributed by atoms with Crippen molar-refractivity contribution in [1.82, 2.24) is 14.8 Å². The van der Waals surface area contributed by atoms with Gasteiger partial charge in [-0.25, -0.2) is 0 Å². The molecule has 1 N–H and O–H groups in total. The zero-order chi connectivity index (χ0) is 21.0. The summed E-state index contributed by atoms with van der Waals surface area (Å²) < 4.78 is 12.1. The third-order valence-corrected chi connectivity index (χ3v) is 4.44. The minimum absolute atomic E-state index is 0.184. The molecule has 7 heteroatoms. The molecule has 0 unspecified atom stereocenters. The van der Waals surface area contributed by atoms with Gasteiger partial charge in [0.1, 0.15) is 11.4 Å². The van der Waals surface area contributed by atoms with Gasteiger partial charge in [0.2, 0.25) is 11.8 Å². The molecule has 0 radical (unpaired) electrons. The second kappa shape index (κ2) is 8.34. The summed E-state index contributed by atoms with van der Waals surface area (Å²) in [5, 5.41) is 7.58. The maximum absolute atomic E-state index is 13.1. The lowest BCUT2D eigenvalue weighted by atomic mass is 9.92. The summed E-state index contributed by atoms with van der Waals surface area (Å²) in [7, 11) is 3.02. The fourth-order valence-corrected chi connectivity index (χ4v) is 2.82. The molecule has 2 heterocycles. The molecule has 0 aliphatic carbocycles. The van der Waals surface area contributed by atoms with Crippen molar-refractivity contribution in [3.8, 4) is 11.8 Å². The lowest BCUT2D eigenvalue weighted by molar-refractivity contribution is 0.101. The van der Waals surface area contributed by atoms with Crippen LogP contribution in [0.2, 0.25) is 0 Å². The van der Waals surface area contributed by atoms with Crippen LogP contribution in [0.5, 0.6) is 11.8 Å². The maximum atomic E-state index is 13.1.